The second-order valence-electron chi connectivity index (χ2n) is 13.1. The van der Waals surface area contributed by atoms with E-state index in [1.807, 2.05) is 0 Å². The molecule has 0 aliphatic heterocycles. The van der Waals surface area contributed by atoms with Crippen molar-refractivity contribution in [1.82, 2.24) is 0 Å². The fraction of sp³-hybridized carbons (Fsp3) is 0.833. The Kier molecular flexibility index (Phi) is 6.14. The van der Waals surface area contributed by atoms with Gasteiger partial charge in [-0.3, -0.25) is 4.79 Å². The average Bonchev–Trinajstić information content (AvgIpc) is 3.02. The maximum atomic E-state index is 13.4. The van der Waals surface area contributed by atoms with Crippen molar-refractivity contribution in [3.05, 3.63) is 23.3 Å². The van der Waals surface area contributed by atoms with E-state index in [0.717, 1.165) is 37.5 Å². The number of allylic oxidation sites excluding steroid dienone is 3. The van der Waals surface area contributed by atoms with Crippen LogP contribution in [0.4, 0.5) is 0 Å². The minimum atomic E-state index is -0.454. The summed E-state index contributed by atoms with van der Waals surface area (Å²) in [5.74, 6) is 2.90. The summed E-state index contributed by atoms with van der Waals surface area (Å²) in [7, 11) is 0. The lowest BCUT2D eigenvalue weighted by Gasteiger charge is -2.59. The minimum Gasteiger partial charge on any atom is -0.392 e. The van der Waals surface area contributed by atoms with E-state index in [0.29, 0.717) is 29.5 Å². The van der Waals surface area contributed by atoms with Gasteiger partial charge in [0.15, 0.2) is 0 Å². The first kappa shape index (κ1) is 24.2. The molecular formula is C30H48O2. The maximum absolute atomic E-state index is 13.4. The van der Waals surface area contributed by atoms with Crippen LogP contribution in [0.3, 0.4) is 0 Å². The highest BCUT2D eigenvalue weighted by Crippen LogP contribution is 2.71. The van der Waals surface area contributed by atoms with E-state index in [1.54, 1.807) is 5.57 Å². The zero-order valence-corrected chi connectivity index (χ0v) is 21.9. The molecule has 2 saturated carbocycles. The van der Waals surface area contributed by atoms with E-state index < -0.39 is 6.10 Å². The van der Waals surface area contributed by atoms with Crippen molar-refractivity contribution < 1.29 is 9.90 Å². The molecule has 0 unspecified atom stereocenters. The summed E-state index contributed by atoms with van der Waals surface area (Å²) in [5, 5.41) is 10.5. The Morgan fingerprint density at radius 1 is 1.09 bits per heavy atom. The van der Waals surface area contributed by atoms with Crippen molar-refractivity contribution in [3.63, 3.8) is 0 Å². The smallest absolute Gasteiger partial charge is 0.145 e. The normalized spacial score (nSPS) is 44.8. The number of hydrogen-bond donors (Lipinski definition) is 1. The van der Waals surface area contributed by atoms with Gasteiger partial charge in [-0.25, -0.2) is 0 Å². The first-order valence-corrected chi connectivity index (χ1v) is 13.5. The second-order valence-corrected chi connectivity index (χ2v) is 13.1. The van der Waals surface area contributed by atoms with Gasteiger partial charge in [0.05, 0.1) is 11.5 Å². The molecule has 0 aromatic heterocycles. The van der Waals surface area contributed by atoms with Gasteiger partial charge >= 0.3 is 0 Å². The third-order valence-electron chi connectivity index (χ3n) is 11.7. The lowest BCUT2D eigenvalue weighted by atomic mass is 9.45. The molecule has 2 heteroatoms. The van der Waals surface area contributed by atoms with Crippen molar-refractivity contribution in [2.24, 2.45) is 45.8 Å². The Bertz CT molecular complexity index is 821. The maximum Gasteiger partial charge on any atom is 0.145 e. The van der Waals surface area contributed by atoms with Crippen molar-refractivity contribution in [3.8, 4) is 0 Å². The van der Waals surface area contributed by atoms with E-state index in [4.69, 9.17) is 0 Å². The Balaban J connectivity index is 1.64. The standard InChI is InChI=1S/C30H48O2/c1-18(2)19(3)9-10-20(4)22-13-15-29(7)24-12-11-23-21(5)26(31)17-27(32)30(23,8)25(24)14-16-28(22,29)6/h18,20-23,26,31H,3,9-17H2,1-2,4-8H3/t20-,21+,22-,23+,26+,28-,29+,30+/m1/s1. The lowest BCUT2D eigenvalue weighted by Crippen LogP contribution is -2.55. The van der Waals surface area contributed by atoms with Crippen LogP contribution >= 0.6 is 0 Å². The van der Waals surface area contributed by atoms with Gasteiger partial charge in [-0.05, 0) is 98.7 Å². The van der Waals surface area contributed by atoms with Crippen LogP contribution in [0.1, 0.15) is 106 Å². The third kappa shape index (κ3) is 3.25. The molecule has 1 N–H and O–H groups in total. The molecule has 0 heterocycles. The predicted octanol–water partition coefficient (Wildman–Crippen LogP) is 7.51. The lowest BCUT2D eigenvalue weighted by molar-refractivity contribution is -0.142. The van der Waals surface area contributed by atoms with Crippen LogP contribution < -0.4 is 0 Å². The Labute approximate surface area is 197 Å². The van der Waals surface area contributed by atoms with E-state index in [9.17, 15) is 9.90 Å². The summed E-state index contributed by atoms with van der Waals surface area (Å²) in [6.45, 7) is 20.9. The van der Waals surface area contributed by atoms with Crippen LogP contribution in [0.25, 0.3) is 0 Å². The Morgan fingerprint density at radius 3 is 2.44 bits per heavy atom. The van der Waals surface area contributed by atoms with Crippen molar-refractivity contribution >= 4 is 5.78 Å². The van der Waals surface area contributed by atoms with Crippen LogP contribution in [0.15, 0.2) is 23.3 Å². The molecule has 2 nitrogen and oxygen atoms in total. The van der Waals surface area contributed by atoms with Crippen molar-refractivity contribution in [1.29, 1.82) is 0 Å². The number of hydrogen-bond acceptors (Lipinski definition) is 2. The van der Waals surface area contributed by atoms with Crippen molar-refractivity contribution in [2.45, 2.75) is 112 Å². The van der Waals surface area contributed by atoms with Gasteiger partial charge in [0, 0.05) is 6.42 Å². The fourth-order valence-electron chi connectivity index (χ4n) is 8.93. The van der Waals surface area contributed by atoms with Crippen LogP contribution in [0.5, 0.6) is 0 Å². The second kappa shape index (κ2) is 8.10. The molecular weight excluding hydrogens is 392 g/mol. The SMILES string of the molecule is C=C(CC[C@@H](C)[C@H]1CC[C@@]2(C)C3=C(CC[C@]12C)[C@@]1(C)C(=O)C[C@H](O)[C@@H](C)[C@@H]1CC3)C(C)C. The third-order valence-corrected chi connectivity index (χ3v) is 11.7. The number of fused-ring (bicyclic) bond motifs is 4. The van der Waals surface area contributed by atoms with Gasteiger partial charge < -0.3 is 5.11 Å². The largest absolute Gasteiger partial charge is 0.392 e. The quantitative estimate of drug-likeness (QED) is 0.449. The van der Waals surface area contributed by atoms with Gasteiger partial charge in [0.25, 0.3) is 0 Å². The average molecular weight is 441 g/mol. The number of rotatable bonds is 5. The van der Waals surface area contributed by atoms with Crippen LogP contribution in [-0.4, -0.2) is 17.0 Å². The van der Waals surface area contributed by atoms with Crippen molar-refractivity contribution in [2.75, 3.05) is 0 Å². The highest BCUT2D eigenvalue weighted by Gasteiger charge is 2.63. The van der Waals surface area contributed by atoms with Crippen LogP contribution in [-0.2, 0) is 4.79 Å². The first-order chi connectivity index (χ1) is 14.9. The molecule has 0 aromatic rings. The van der Waals surface area contributed by atoms with Gasteiger partial charge in [-0.1, -0.05) is 64.8 Å². The van der Waals surface area contributed by atoms with Crippen LogP contribution in [0, 0.1) is 45.8 Å². The number of carbonyl (C=O) groups is 1. The molecule has 4 rings (SSSR count). The summed E-state index contributed by atoms with van der Waals surface area (Å²) in [6, 6.07) is 0. The van der Waals surface area contributed by atoms with E-state index in [-0.39, 0.29) is 16.7 Å². The van der Waals surface area contributed by atoms with Gasteiger partial charge in [-0.2, -0.15) is 0 Å². The monoisotopic (exact) mass is 440 g/mol. The topological polar surface area (TPSA) is 37.3 Å². The minimum absolute atomic E-state index is 0.221. The molecule has 0 spiro atoms. The summed E-state index contributed by atoms with van der Waals surface area (Å²) in [4.78, 5) is 13.4. The first-order valence-electron chi connectivity index (χ1n) is 13.5. The number of carbonyl (C=O) groups excluding carboxylic acids is 1. The number of aliphatic hydroxyl groups is 1. The van der Waals surface area contributed by atoms with E-state index in [1.165, 1.54) is 36.8 Å². The van der Waals surface area contributed by atoms with E-state index in [2.05, 4.69) is 55.0 Å². The molecule has 180 valence electrons. The number of aliphatic hydroxyl groups excluding tert-OH is 1. The molecule has 0 amide bonds. The zero-order valence-electron chi connectivity index (χ0n) is 21.9. The summed E-state index contributed by atoms with van der Waals surface area (Å²) >= 11 is 0. The zero-order chi connectivity index (χ0) is 23.6. The van der Waals surface area contributed by atoms with E-state index >= 15 is 0 Å². The molecule has 4 aliphatic rings. The Morgan fingerprint density at radius 2 is 1.78 bits per heavy atom. The summed E-state index contributed by atoms with van der Waals surface area (Å²) in [5.41, 5.74) is 4.77. The molecule has 0 radical (unpaired) electrons. The molecule has 0 bridgehead atoms. The highest BCUT2D eigenvalue weighted by atomic mass is 16.3. The summed E-state index contributed by atoms with van der Waals surface area (Å²) < 4.78 is 0. The van der Waals surface area contributed by atoms with Gasteiger partial charge in [0.2, 0.25) is 0 Å². The predicted molar refractivity (Wildman–Crippen MR) is 133 cm³/mol. The Hall–Kier alpha value is -0.890. The highest BCUT2D eigenvalue weighted by molar-refractivity contribution is 5.90. The number of Topliss-reactive ketones (excluding diaryl/α,β-unsaturated/α-hetero) is 1. The summed E-state index contributed by atoms with van der Waals surface area (Å²) in [6.07, 6.45) is 9.41. The molecule has 0 saturated heterocycles. The number of ketones is 1. The van der Waals surface area contributed by atoms with Crippen LogP contribution in [0.2, 0.25) is 0 Å². The molecule has 4 aliphatic carbocycles. The molecule has 2 fully saturated rings. The molecule has 8 atom stereocenters. The van der Waals surface area contributed by atoms with Gasteiger partial charge in [0.1, 0.15) is 5.78 Å². The van der Waals surface area contributed by atoms with Gasteiger partial charge in [-0.15, -0.1) is 0 Å². The molecule has 32 heavy (non-hydrogen) atoms. The fourth-order valence-corrected chi connectivity index (χ4v) is 8.93. The molecule has 0 aromatic carbocycles.